The Morgan fingerprint density at radius 2 is 1.88 bits per heavy atom. The summed E-state index contributed by atoms with van der Waals surface area (Å²) >= 11 is 9.14. The van der Waals surface area contributed by atoms with Crippen LogP contribution in [-0.2, 0) is 9.47 Å². The Labute approximate surface area is 108 Å². The van der Waals surface area contributed by atoms with Crippen LogP contribution in [0.1, 0.15) is 25.7 Å². The molecule has 0 aliphatic rings. The van der Waals surface area contributed by atoms with Gasteiger partial charge in [-0.2, -0.15) is 0 Å². The highest BCUT2D eigenvalue weighted by Gasteiger charge is 2.20. The third kappa shape index (κ3) is 3.42. The van der Waals surface area contributed by atoms with Crippen molar-refractivity contribution in [3.8, 4) is 0 Å². The Balaban J connectivity index is 3.07. The minimum absolute atomic E-state index is 0.244. The summed E-state index contributed by atoms with van der Waals surface area (Å²) in [7, 11) is 0. The first kappa shape index (κ1) is 13.9. The van der Waals surface area contributed by atoms with E-state index in [1.807, 2.05) is 13.8 Å². The lowest BCUT2D eigenvalue weighted by molar-refractivity contribution is -0.141. The molecule has 0 aliphatic heterocycles. The van der Waals surface area contributed by atoms with E-state index in [2.05, 4.69) is 15.9 Å². The number of hydrogen-bond acceptors (Lipinski definition) is 2. The molecule has 0 unspecified atom stereocenters. The third-order valence-electron chi connectivity index (χ3n) is 1.92. The molecule has 16 heavy (non-hydrogen) atoms. The minimum atomic E-state index is -0.754. The monoisotopic (exact) mass is 310 g/mol. The highest BCUT2D eigenvalue weighted by Crippen LogP contribution is 2.32. The fourth-order valence-corrected chi connectivity index (χ4v) is 2.15. The van der Waals surface area contributed by atoms with E-state index in [0.717, 1.165) is 0 Å². The first-order valence-corrected chi connectivity index (χ1v) is 6.14. The largest absolute Gasteiger partial charge is 0.349 e. The van der Waals surface area contributed by atoms with Gasteiger partial charge >= 0.3 is 0 Å². The first-order valence-electron chi connectivity index (χ1n) is 4.97. The maximum atomic E-state index is 13.7. The standard InChI is InChI=1S/C11H13BrClFO2/c1-3-15-11(16-4-2)10-8(13)5-7(12)6-9(10)14/h5-6,11H,3-4H2,1-2H3. The summed E-state index contributed by atoms with van der Waals surface area (Å²) < 4.78 is 24.9. The summed E-state index contributed by atoms with van der Waals surface area (Å²) in [5.74, 6) is -0.439. The van der Waals surface area contributed by atoms with Crippen LogP contribution in [0.4, 0.5) is 4.39 Å². The lowest BCUT2D eigenvalue weighted by atomic mass is 10.2. The van der Waals surface area contributed by atoms with Crippen molar-refractivity contribution in [2.24, 2.45) is 0 Å². The molecule has 2 nitrogen and oxygen atoms in total. The van der Waals surface area contributed by atoms with Gasteiger partial charge in [0.25, 0.3) is 0 Å². The molecule has 5 heteroatoms. The number of rotatable bonds is 5. The zero-order valence-corrected chi connectivity index (χ0v) is 11.4. The van der Waals surface area contributed by atoms with E-state index in [1.165, 1.54) is 6.07 Å². The fraction of sp³-hybridized carbons (Fsp3) is 0.455. The molecule has 0 atom stereocenters. The van der Waals surface area contributed by atoms with Gasteiger partial charge in [-0.3, -0.25) is 0 Å². The van der Waals surface area contributed by atoms with E-state index in [9.17, 15) is 4.39 Å². The van der Waals surface area contributed by atoms with Crippen LogP contribution in [0.15, 0.2) is 16.6 Å². The normalized spacial score (nSPS) is 11.1. The molecule has 0 saturated carbocycles. The summed E-state index contributed by atoms with van der Waals surface area (Å²) in [4.78, 5) is 0. The van der Waals surface area contributed by atoms with Gasteiger partial charge in [-0.1, -0.05) is 27.5 Å². The Morgan fingerprint density at radius 3 is 2.31 bits per heavy atom. The average Bonchev–Trinajstić information content (AvgIpc) is 2.16. The zero-order chi connectivity index (χ0) is 12.1. The van der Waals surface area contributed by atoms with Crippen molar-refractivity contribution >= 4 is 27.5 Å². The Kier molecular flexibility index (Phi) is 5.69. The van der Waals surface area contributed by atoms with Crippen LogP contribution in [0.5, 0.6) is 0 Å². The Morgan fingerprint density at radius 1 is 1.31 bits per heavy atom. The molecule has 1 aromatic carbocycles. The Hall–Kier alpha value is -0.160. The predicted octanol–water partition coefficient (Wildman–Crippen LogP) is 4.31. The third-order valence-corrected chi connectivity index (χ3v) is 2.69. The minimum Gasteiger partial charge on any atom is -0.349 e. The molecule has 0 fully saturated rings. The Bertz CT molecular complexity index is 331. The van der Waals surface area contributed by atoms with Gasteiger partial charge in [-0.15, -0.1) is 0 Å². The maximum absolute atomic E-state index is 13.7. The molecule has 90 valence electrons. The smallest absolute Gasteiger partial charge is 0.188 e. The van der Waals surface area contributed by atoms with Gasteiger partial charge in [-0.05, 0) is 26.0 Å². The lowest BCUT2D eigenvalue weighted by Gasteiger charge is -2.19. The number of hydrogen-bond donors (Lipinski definition) is 0. The molecule has 0 N–H and O–H groups in total. The van der Waals surface area contributed by atoms with E-state index in [0.29, 0.717) is 22.7 Å². The van der Waals surface area contributed by atoms with E-state index in [-0.39, 0.29) is 5.56 Å². The lowest BCUT2D eigenvalue weighted by Crippen LogP contribution is -2.11. The van der Waals surface area contributed by atoms with Crippen molar-refractivity contribution in [2.45, 2.75) is 20.1 Å². The average molecular weight is 312 g/mol. The van der Waals surface area contributed by atoms with Gasteiger partial charge in [0.1, 0.15) is 5.82 Å². The van der Waals surface area contributed by atoms with Gasteiger partial charge in [0.2, 0.25) is 0 Å². The summed E-state index contributed by atoms with van der Waals surface area (Å²) in [6.07, 6.45) is -0.754. The predicted molar refractivity (Wildman–Crippen MR) is 65.1 cm³/mol. The zero-order valence-electron chi connectivity index (χ0n) is 9.10. The van der Waals surface area contributed by atoms with Gasteiger partial charge in [-0.25, -0.2) is 4.39 Å². The molecule has 0 aromatic heterocycles. The highest BCUT2D eigenvalue weighted by atomic mass is 79.9. The van der Waals surface area contributed by atoms with Crippen LogP contribution in [0.3, 0.4) is 0 Å². The summed E-state index contributed by atoms with van der Waals surface area (Å²) in [6, 6.07) is 2.96. The molecule has 0 amide bonds. The molecule has 0 heterocycles. The first-order chi connectivity index (χ1) is 7.60. The van der Waals surface area contributed by atoms with Crippen LogP contribution in [-0.4, -0.2) is 13.2 Å². The van der Waals surface area contributed by atoms with Gasteiger partial charge in [0.15, 0.2) is 6.29 Å². The quantitative estimate of drug-likeness (QED) is 0.754. The van der Waals surface area contributed by atoms with Crippen LogP contribution in [0.2, 0.25) is 5.02 Å². The number of ether oxygens (including phenoxy) is 2. The van der Waals surface area contributed by atoms with Gasteiger partial charge in [0, 0.05) is 17.7 Å². The molecule has 0 saturated heterocycles. The highest BCUT2D eigenvalue weighted by molar-refractivity contribution is 9.10. The molecule has 1 aromatic rings. The van der Waals surface area contributed by atoms with Crippen LogP contribution >= 0.6 is 27.5 Å². The summed E-state index contributed by atoms with van der Waals surface area (Å²) in [5.41, 5.74) is 0.244. The van der Waals surface area contributed by atoms with Crippen molar-refractivity contribution in [1.29, 1.82) is 0 Å². The summed E-state index contributed by atoms with van der Waals surface area (Å²) in [5, 5.41) is 0.291. The van der Waals surface area contributed by atoms with Crippen molar-refractivity contribution in [3.63, 3.8) is 0 Å². The molecule has 0 spiro atoms. The van der Waals surface area contributed by atoms with E-state index in [1.54, 1.807) is 6.07 Å². The van der Waals surface area contributed by atoms with E-state index >= 15 is 0 Å². The SMILES string of the molecule is CCOC(OCC)c1c(F)cc(Br)cc1Cl. The number of benzene rings is 1. The molecular formula is C11H13BrClFO2. The molecule has 0 aliphatic carbocycles. The second-order valence-electron chi connectivity index (χ2n) is 3.03. The molecule has 0 bridgehead atoms. The van der Waals surface area contributed by atoms with E-state index in [4.69, 9.17) is 21.1 Å². The topological polar surface area (TPSA) is 18.5 Å². The van der Waals surface area contributed by atoms with Crippen LogP contribution in [0, 0.1) is 5.82 Å². The number of halogens is 3. The summed E-state index contributed by atoms with van der Waals surface area (Å²) in [6.45, 7) is 4.49. The maximum Gasteiger partial charge on any atom is 0.188 e. The second kappa shape index (κ2) is 6.55. The van der Waals surface area contributed by atoms with Gasteiger partial charge in [0.05, 0.1) is 10.6 Å². The van der Waals surface area contributed by atoms with E-state index < -0.39 is 12.1 Å². The van der Waals surface area contributed by atoms with Crippen molar-refractivity contribution in [3.05, 3.63) is 33.0 Å². The molecule has 1 rings (SSSR count). The van der Waals surface area contributed by atoms with Crippen molar-refractivity contribution in [1.82, 2.24) is 0 Å². The van der Waals surface area contributed by atoms with Crippen LogP contribution in [0.25, 0.3) is 0 Å². The van der Waals surface area contributed by atoms with Gasteiger partial charge < -0.3 is 9.47 Å². The second-order valence-corrected chi connectivity index (χ2v) is 4.35. The van der Waals surface area contributed by atoms with Crippen LogP contribution < -0.4 is 0 Å². The molecular weight excluding hydrogens is 298 g/mol. The van der Waals surface area contributed by atoms with Crippen molar-refractivity contribution in [2.75, 3.05) is 13.2 Å². The van der Waals surface area contributed by atoms with Crippen molar-refractivity contribution < 1.29 is 13.9 Å². The fourth-order valence-electron chi connectivity index (χ4n) is 1.30. The molecule has 0 radical (unpaired) electrons.